The molecule has 0 radical (unpaired) electrons. The van der Waals surface area contributed by atoms with Crippen LogP contribution in [0.25, 0.3) is 0 Å². The van der Waals surface area contributed by atoms with Crippen LogP contribution >= 0.6 is 0 Å². The van der Waals surface area contributed by atoms with Gasteiger partial charge in [-0.2, -0.15) is 4.73 Å². The van der Waals surface area contributed by atoms with Crippen LogP contribution in [0.5, 0.6) is 0 Å². The normalized spacial score (nSPS) is 10.1. The predicted octanol–water partition coefficient (Wildman–Crippen LogP) is 1.48. The predicted molar refractivity (Wildman–Crippen MR) is 62.3 cm³/mol. The second-order valence-corrected chi connectivity index (χ2v) is 3.64. The summed E-state index contributed by atoms with van der Waals surface area (Å²) >= 11 is 0. The first kappa shape index (κ1) is 14.0. The van der Waals surface area contributed by atoms with Gasteiger partial charge in [0.1, 0.15) is 0 Å². The molecule has 0 saturated heterocycles. The van der Waals surface area contributed by atoms with Crippen molar-refractivity contribution in [1.82, 2.24) is 4.73 Å². The summed E-state index contributed by atoms with van der Waals surface area (Å²) in [6.45, 7) is 3.57. The van der Waals surface area contributed by atoms with Crippen LogP contribution in [0.3, 0.4) is 0 Å². The Balaban J connectivity index is 3.45. The van der Waals surface area contributed by atoms with Gasteiger partial charge >= 0.3 is 5.97 Å². The lowest BCUT2D eigenvalue weighted by Crippen LogP contribution is -2.13. The average molecular weight is 253 g/mol. The van der Waals surface area contributed by atoms with Gasteiger partial charge in [-0.15, -0.1) is 0 Å². The SMILES string of the molecule is CCCc1c(C=O)c(C=O)c(C(=O)OCC)n1O. The van der Waals surface area contributed by atoms with E-state index in [9.17, 15) is 19.6 Å². The number of hydrogen-bond donors (Lipinski definition) is 1. The zero-order chi connectivity index (χ0) is 13.7. The van der Waals surface area contributed by atoms with Gasteiger partial charge in [0.15, 0.2) is 18.3 Å². The van der Waals surface area contributed by atoms with E-state index in [-0.39, 0.29) is 29.1 Å². The Bertz CT molecular complexity index is 475. The Morgan fingerprint density at radius 1 is 1.28 bits per heavy atom. The molecular formula is C12H15NO5. The van der Waals surface area contributed by atoms with Crippen molar-refractivity contribution in [3.63, 3.8) is 0 Å². The number of carbonyl (C=O) groups excluding carboxylic acids is 3. The highest BCUT2D eigenvalue weighted by Crippen LogP contribution is 2.21. The fraction of sp³-hybridized carbons (Fsp3) is 0.417. The van der Waals surface area contributed by atoms with E-state index in [1.54, 1.807) is 6.92 Å². The molecule has 0 aliphatic carbocycles. The Hall–Kier alpha value is -2.11. The molecule has 0 aromatic carbocycles. The van der Waals surface area contributed by atoms with Crippen LogP contribution in [0.1, 0.15) is 57.2 Å². The van der Waals surface area contributed by atoms with E-state index in [2.05, 4.69) is 0 Å². The van der Waals surface area contributed by atoms with Crippen LogP contribution in [0.15, 0.2) is 0 Å². The van der Waals surface area contributed by atoms with E-state index < -0.39 is 5.97 Å². The molecule has 1 N–H and O–H groups in total. The first-order valence-electron chi connectivity index (χ1n) is 5.66. The van der Waals surface area contributed by atoms with Gasteiger partial charge in [0.2, 0.25) is 0 Å². The summed E-state index contributed by atoms with van der Waals surface area (Å²) in [5.41, 5.74) is -0.137. The molecule has 1 aromatic rings. The molecule has 0 amide bonds. The quantitative estimate of drug-likeness (QED) is 0.471. The van der Waals surface area contributed by atoms with Crippen molar-refractivity contribution in [2.75, 3.05) is 6.61 Å². The number of rotatable bonds is 6. The van der Waals surface area contributed by atoms with Crippen molar-refractivity contribution in [1.29, 1.82) is 0 Å². The molecule has 0 aliphatic heterocycles. The molecule has 18 heavy (non-hydrogen) atoms. The summed E-state index contributed by atoms with van der Waals surface area (Å²) < 4.78 is 5.33. The maximum Gasteiger partial charge on any atom is 0.359 e. The highest BCUT2D eigenvalue weighted by molar-refractivity contribution is 6.03. The zero-order valence-electron chi connectivity index (χ0n) is 10.3. The summed E-state index contributed by atoms with van der Waals surface area (Å²) in [4.78, 5) is 33.6. The molecular weight excluding hydrogens is 238 g/mol. The standard InChI is InChI=1S/C12H15NO5/c1-3-5-10-8(6-14)9(7-15)11(13(10)17)12(16)18-4-2/h6-7,17H,3-5H2,1-2H3. The molecule has 1 heterocycles. The van der Waals surface area contributed by atoms with E-state index in [0.717, 1.165) is 0 Å². The fourth-order valence-corrected chi connectivity index (χ4v) is 1.77. The second kappa shape index (κ2) is 6.00. The van der Waals surface area contributed by atoms with Gasteiger partial charge in [0, 0.05) is 0 Å². The van der Waals surface area contributed by atoms with Crippen molar-refractivity contribution in [3.8, 4) is 0 Å². The molecule has 1 rings (SSSR count). The molecule has 6 heteroatoms. The van der Waals surface area contributed by atoms with Gasteiger partial charge in [0.05, 0.1) is 23.4 Å². The minimum atomic E-state index is -0.826. The van der Waals surface area contributed by atoms with E-state index in [1.807, 2.05) is 6.92 Å². The number of ether oxygens (including phenoxy) is 1. The molecule has 6 nitrogen and oxygen atoms in total. The van der Waals surface area contributed by atoms with Crippen molar-refractivity contribution in [3.05, 3.63) is 22.5 Å². The van der Waals surface area contributed by atoms with E-state index >= 15 is 0 Å². The Morgan fingerprint density at radius 3 is 2.33 bits per heavy atom. The van der Waals surface area contributed by atoms with Crippen molar-refractivity contribution in [2.24, 2.45) is 0 Å². The Kier molecular flexibility index (Phi) is 4.65. The van der Waals surface area contributed by atoms with Crippen LogP contribution < -0.4 is 0 Å². The van der Waals surface area contributed by atoms with E-state index in [0.29, 0.717) is 30.1 Å². The Labute approximate surface area is 104 Å². The van der Waals surface area contributed by atoms with Gasteiger partial charge in [-0.25, -0.2) is 4.79 Å². The largest absolute Gasteiger partial charge is 0.461 e. The van der Waals surface area contributed by atoms with E-state index in [1.165, 1.54) is 0 Å². The minimum Gasteiger partial charge on any atom is -0.461 e. The lowest BCUT2D eigenvalue weighted by Gasteiger charge is -2.05. The van der Waals surface area contributed by atoms with Crippen LogP contribution in [0, 0.1) is 0 Å². The van der Waals surface area contributed by atoms with Crippen LogP contribution in [-0.2, 0) is 11.2 Å². The minimum absolute atomic E-state index is 0.0393. The van der Waals surface area contributed by atoms with Crippen LogP contribution in [0.4, 0.5) is 0 Å². The van der Waals surface area contributed by atoms with Crippen molar-refractivity contribution >= 4 is 18.5 Å². The molecule has 98 valence electrons. The molecule has 0 bridgehead atoms. The molecule has 0 saturated carbocycles. The monoisotopic (exact) mass is 253 g/mol. The third kappa shape index (κ3) is 2.27. The van der Waals surface area contributed by atoms with Crippen molar-refractivity contribution in [2.45, 2.75) is 26.7 Å². The molecule has 0 atom stereocenters. The summed E-state index contributed by atoms with van der Waals surface area (Å²) in [5.74, 6) is -0.826. The van der Waals surface area contributed by atoms with Gasteiger partial charge in [-0.3, -0.25) is 9.59 Å². The highest BCUT2D eigenvalue weighted by Gasteiger charge is 2.27. The first-order chi connectivity index (χ1) is 8.62. The third-order valence-electron chi connectivity index (χ3n) is 2.51. The number of nitrogens with zero attached hydrogens (tertiary/aromatic N) is 1. The summed E-state index contributed by atoms with van der Waals surface area (Å²) in [5, 5.41) is 9.88. The average Bonchev–Trinajstić information content (AvgIpc) is 2.62. The number of carbonyl (C=O) groups is 3. The van der Waals surface area contributed by atoms with Gasteiger partial charge in [-0.1, -0.05) is 13.3 Å². The number of aldehydes is 2. The number of aromatic nitrogens is 1. The summed E-state index contributed by atoms with van der Waals surface area (Å²) in [6, 6.07) is 0. The first-order valence-corrected chi connectivity index (χ1v) is 5.66. The Morgan fingerprint density at radius 2 is 1.89 bits per heavy atom. The van der Waals surface area contributed by atoms with Crippen LogP contribution in [0.2, 0.25) is 0 Å². The summed E-state index contributed by atoms with van der Waals surface area (Å²) in [7, 11) is 0. The molecule has 0 unspecified atom stereocenters. The smallest absolute Gasteiger partial charge is 0.359 e. The molecule has 0 spiro atoms. The summed E-state index contributed by atoms with van der Waals surface area (Å²) in [6.07, 6.45) is 1.88. The lowest BCUT2D eigenvalue weighted by atomic mass is 10.1. The highest BCUT2D eigenvalue weighted by atomic mass is 16.5. The molecule has 1 aromatic heterocycles. The van der Waals surface area contributed by atoms with Gasteiger partial charge in [0.25, 0.3) is 0 Å². The number of esters is 1. The fourth-order valence-electron chi connectivity index (χ4n) is 1.77. The van der Waals surface area contributed by atoms with E-state index in [4.69, 9.17) is 4.74 Å². The molecule has 0 fully saturated rings. The maximum atomic E-state index is 11.7. The molecule has 0 aliphatic rings. The third-order valence-corrected chi connectivity index (χ3v) is 2.51. The van der Waals surface area contributed by atoms with Crippen LogP contribution in [-0.4, -0.2) is 35.1 Å². The van der Waals surface area contributed by atoms with Gasteiger partial charge in [-0.05, 0) is 13.3 Å². The topological polar surface area (TPSA) is 85.6 Å². The second-order valence-electron chi connectivity index (χ2n) is 3.64. The van der Waals surface area contributed by atoms with Crippen molar-refractivity contribution < 1.29 is 24.3 Å². The van der Waals surface area contributed by atoms with Gasteiger partial charge < -0.3 is 9.94 Å². The lowest BCUT2D eigenvalue weighted by molar-refractivity contribution is 0.0469. The zero-order valence-corrected chi connectivity index (χ0v) is 10.3. The maximum absolute atomic E-state index is 11.7. The number of hydrogen-bond acceptors (Lipinski definition) is 5.